The summed E-state index contributed by atoms with van der Waals surface area (Å²) >= 11 is 0. The summed E-state index contributed by atoms with van der Waals surface area (Å²) in [5, 5.41) is 25.8. The lowest BCUT2D eigenvalue weighted by Gasteiger charge is -2.11. The molecule has 0 fully saturated rings. The maximum absolute atomic E-state index is 11.4. The predicted octanol–water partition coefficient (Wildman–Crippen LogP) is -1.78. The molecule has 1 heterocycles. The molecule has 0 aliphatic heterocycles. The van der Waals surface area contributed by atoms with E-state index in [4.69, 9.17) is 15.9 Å². The second-order valence-electron chi connectivity index (χ2n) is 2.87. The number of amides is 1. The number of carbonyl (C=O) groups excluding carboxylic acids is 1. The summed E-state index contributed by atoms with van der Waals surface area (Å²) in [5.41, 5.74) is 4.95. The van der Waals surface area contributed by atoms with Crippen LogP contribution in [0.4, 0.5) is 5.82 Å². The lowest BCUT2D eigenvalue weighted by Crippen LogP contribution is -2.41. The Balaban J connectivity index is 2.69. The summed E-state index contributed by atoms with van der Waals surface area (Å²) in [6, 6.07) is -1.21. The fourth-order valence-electron chi connectivity index (χ4n) is 0.966. The van der Waals surface area contributed by atoms with E-state index in [1.54, 1.807) is 0 Å². The summed E-state index contributed by atoms with van der Waals surface area (Å²) in [4.78, 5) is 22.1. The topological polar surface area (TPSA) is 152 Å². The van der Waals surface area contributed by atoms with Crippen molar-refractivity contribution in [2.45, 2.75) is 12.5 Å². The van der Waals surface area contributed by atoms with Crippen LogP contribution in [0, 0.1) is 0 Å². The van der Waals surface area contributed by atoms with Crippen molar-refractivity contribution in [1.29, 1.82) is 0 Å². The van der Waals surface area contributed by atoms with Gasteiger partial charge in [-0.25, -0.2) is 9.42 Å². The number of aromatic nitrogens is 2. The standard InChI is InChI=1S/C7H10N4O5/c8-5-4(10-16-11-5)6(13)9-3(1-2-12)7(14)15/h3,12H,1-2H2,(H2,8,11)(H,9,13)(H,14,15)/t3-/m0/s1. The maximum Gasteiger partial charge on any atom is 0.326 e. The second kappa shape index (κ2) is 5.07. The number of nitrogens with two attached hydrogens (primary N) is 1. The lowest BCUT2D eigenvalue weighted by atomic mass is 10.2. The summed E-state index contributed by atoms with van der Waals surface area (Å²) in [7, 11) is 0. The molecule has 0 saturated heterocycles. The van der Waals surface area contributed by atoms with Crippen LogP contribution >= 0.6 is 0 Å². The Morgan fingerprint density at radius 3 is 2.62 bits per heavy atom. The van der Waals surface area contributed by atoms with E-state index in [0.29, 0.717) is 0 Å². The molecular formula is C7H10N4O5. The number of nitrogens with one attached hydrogen (secondary N) is 1. The molecule has 9 heteroatoms. The van der Waals surface area contributed by atoms with E-state index in [0.717, 1.165) is 0 Å². The Labute approximate surface area is 89.2 Å². The molecule has 0 bridgehead atoms. The number of aliphatic hydroxyl groups is 1. The number of carbonyl (C=O) groups is 2. The van der Waals surface area contributed by atoms with E-state index in [9.17, 15) is 9.59 Å². The summed E-state index contributed by atoms with van der Waals surface area (Å²) in [6.07, 6.45) is -0.119. The normalized spacial score (nSPS) is 12.1. The van der Waals surface area contributed by atoms with Gasteiger partial charge >= 0.3 is 5.97 Å². The molecule has 1 rings (SSSR count). The molecule has 0 aromatic carbocycles. The molecule has 0 unspecified atom stereocenters. The van der Waals surface area contributed by atoms with Crippen molar-refractivity contribution in [3.63, 3.8) is 0 Å². The van der Waals surface area contributed by atoms with Crippen molar-refractivity contribution in [1.82, 2.24) is 15.6 Å². The molecule has 16 heavy (non-hydrogen) atoms. The Morgan fingerprint density at radius 1 is 1.50 bits per heavy atom. The molecule has 0 spiro atoms. The minimum atomic E-state index is -1.27. The van der Waals surface area contributed by atoms with Crippen molar-refractivity contribution in [3.05, 3.63) is 5.69 Å². The first-order chi connectivity index (χ1) is 7.56. The molecule has 88 valence electrons. The third-order valence-corrected chi connectivity index (χ3v) is 1.75. The number of hydrogen-bond donors (Lipinski definition) is 4. The van der Waals surface area contributed by atoms with Crippen LogP contribution < -0.4 is 11.1 Å². The molecule has 0 aliphatic rings. The summed E-state index contributed by atoms with van der Waals surface area (Å²) in [5.74, 6) is -2.32. The summed E-state index contributed by atoms with van der Waals surface area (Å²) < 4.78 is 4.19. The highest BCUT2D eigenvalue weighted by molar-refractivity contribution is 5.98. The minimum Gasteiger partial charge on any atom is -0.480 e. The van der Waals surface area contributed by atoms with Gasteiger partial charge in [0.1, 0.15) is 6.04 Å². The van der Waals surface area contributed by atoms with Gasteiger partial charge in [-0.05, 0) is 10.3 Å². The van der Waals surface area contributed by atoms with Crippen LogP contribution in [0.5, 0.6) is 0 Å². The Morgan fingerprint density at radius 2 is 2.19 bits per heavy atom. The third-order valence-electron chi connectivity index (χ3n) is 1.75. The molecule has 1 aromatic heterocycles. The van der Waals surface area contributed by atoms with Gasteiger partial charge in [0.15, 0.2) is 0 Å². The maximum atomic E-state index is 11.4. The molecule has 5 N–H and O–H groups in total. The number of nitrogen functional groups attached to an aromatic ring is 1. The second-order valence-corrected chi connectivity index (χ2v) is 2.87. The fourth-order valence-corrected chi connectivity index (χ4v) is 0.966. The van der Waals surface area contributed by atoms with Gasteiger partial charge in [0, 0.05) is 13.0 Å². The Hall–Kier alpha value is -2.16. The number of aliphatic carboxylic acids is 1. The van der Waals surface area contributed by atoms with E-state index in [1.165, 1.54) is 0 Å². The van der Waals surface area contributed by atoms with Gasteiger partial charge in [0.05, 0.1) is 0 Å². The van der Waals surface area contributed by atoms with Crippen LogP contribution in [-0.2, 0) is 4.79 Å². The average molecular weight is 230 g/mol. The zero-order valence-electron chi connectivity index (χ0n) is 8.08. The quantitative estimate of drug-likeness (QED) is 0.463. The zero-order chi connectivity index (χ0) is 12.1. The molecule has 0 saturated carbocycles. The van der Waals surface area contributed by atoms with E-state index in [2.05, 4.69) is 20.3 Å². The van der Waals surface area contributed by atoms with Gasteiger partial charge in [-0.3, -0.25) is 4.79 Å². The SMILES string of the molecule is Nc1nonc1C(=O)N[C@@H](CCO)C(=O)O. The zero-order valence-corrected chi connectivity index (χ0v) is 8.08. The van der Waals surface area contributed by atoms with Crippen molar-refractivity contribution in [2.75, 3.05) is 12.3 Å². The Bertz CT molecular complexity index is 390. The van der Waals surface area contributed by atoms with E-state index >= 15 is 0 Å². The summed E-state index contributed by atoms with van der Waals surface area (Å²) in [6.45, 7) is -0.371. The van der Waals surface area contributed by atoms with Gasteiger partial charge in [-0.2, -0.15) is 0 Å². The Kier molecular flexibility index (Phi) is 3.78. The first-order valence-electron chi connectivity index (χ1n) is 4.28. The van der Waals surface area contributed by atoms with Crippen LogP contribution in [0.15, 0.2) is 4.63 Å². The molecular weight excluding hydrogens is 220 g/mol. The largest absolute Gasteiger partial charge is 0.480 e. The minimum absolute atomic E-state index is 0.119. The van der Waals surface area contributed by atoms with E-state index < -0.39 is 17.9 Å². The average Bonchev–Trinajstić information content (AvgIpc) is 2.63. The van der Waals surface area contributed by atoms with Crippen LogP contribution in [0.2, 0.25) is 0 Å². The molecule has 1 aromatic rings. The smallest absolute Gasteiger partial charge is 0.326 e. The van der Waals surface area contributed by atoms with Crippen molar-refractivity contribution >= 4 is 17.7 Å². The highest BCUT2D eigenvalue weighted by atomic mass is 16.6. The number of carboxylic acids is 1. The van der Waals surface area contributed by atoms with Crippen molar-refractivity contribution in [3.8, 4) is 0 Å². The van der Waals surface area contributed by atoms with Crippen LogP contribution in [0.3, 0.4) is 0 Å². The van der Waals surface area contributed by atoms with Gasteiger partial charge in [-0.15, -0.1) is 0 Å². The number of anilines is 1. The van der Waals surface area contributed by atoms with E-state index in [1.807, 2.05) is 0 Å². The molecule has 0 radical (unpaired) electrons. The number of rotatable bonds is 5. The van der Waals surface area contributed by atoms with Crippen LogP contribution in [0.25, 0.3) is 0 Å². The molecule has 0 aliphatic carbocycles. The lowest BCUT2D eigenvalue weighted by molar-refractivity contribution is -0.139. The molecule has 9 nitrogen and oxygen atoms in total. The van der Waals surface area contributed by atoms with Gasteiger partial charge in [0.2, 0.25) is 11.5 Å². The van der Waals surface area contributed by atoms with Gasteiger partial charge in [0.25, 0.3) is 5.91 Å². The van der Waals surface area contributed by atoms with Gasteiger partial charge < -0.3 is 21.3 Å². The van der Waals surface area contributed by atoms with Gasteiger partial charge in [-0.1, -0.05) is 0 Å². The fraction of sp³-hybridized carbons (Fsp3) is 0.429. The molecule has 1 amide bonds. The number of nitrogens with zero attached hydrogens (tertiary/aromatic N) is 2. The van der Waals surface area contributed by atoms with E-state index in [-0.39, 0.29) is 24.5 Å². The highest BCUT2D eigenvalue weighted by Crippen LogP contribution is 2.04. The first kappa shape index (κ1) is 11.9. The monoisotopic (exact) mass is 230 g/mol. The number of hydrogen-bond acceptors (Lipinski definition) is 7. The van der Waals surface area contributed by atoms with Crippen molar-refractivity contribution < 1.29 is 24.4 Å². The predicted molar refractivity (Wildman–Crippen MR) is 49.3 cm³/mol. The molecule has 1 atom stereocenters. The first-order valence-corrected chi connectivity index (χ1v) is 4.28. The number of carboxylic acid groups (broad SMARTS) is 1. The van der Waals surface area contributed by atoms with Crippen molar-refractivity contribution in [2.24, 2.45) is 0 Å². The van der Waals surface area contributed by atoms with Crippen LogP contribution in [0.1, 0.15) is 16.9 Å². The number of aliphatic hydroxyl groups excluding tert-OH is 1. The highest BCUT2D eigenvalue weighted by Gasteiger charge is 2.23. The van der Waals surface area contributed by atoms with Crippen LogP contribution in [-0.4, -0.2) is 45.1 Å². The third kappa shape index (κ3) is 2.67.